The summed E-state index contributed by atoms with van der Waals surface area (Å²) in [7, 11) is 0. The Bertz CT molecular complexity index is 921. The van der Waals surface area contributed by atoms with E-state index in [-0.39, 0.29) is 12.3 Å². The number of hydrogen-bond acceptors (Lipinski definition) is 5. The number of pyridine rings is 1. The minimum absolute atomic E-state index is 0.0999. The van der Waals surface area contributed by atoms with Gasteiger partial charge >= 0.3 is 6.09 Å². The van der Waals surface area contributed by atoms with Crippen LogP contribution in [0.5, 0.6) is 0 Å². The van der Waals surface area contributed by atoms with Gasteiger partial charge < -0.3 is 4.74 Å². The fourth-order valence-electron chi connectivity index (χ4n) is 2.16. The number of hydrogen-bond donors (Lipinski definition) is 1. The highest BCUT2D eigenvalue weighted by atomic mass is 16.5. The summed E-state index contributed by atoms with van der Waals surface area (Å²) in [4.78, 5) is 24.4. The van der Waals surface area contributed by atoms with Gasteiger partial charge in [0.2, 0.25) is 0 Å². The van der Waals surface area contributed by atoms with Gasteiger partial charge in [0.05, 0.1) is 5.69 Å². The van der Waals surface area contributed by atoms with Crippen molar-refractivity contribution in [1.82, 2.24) is 14.8 Å². The van der Waals surface area contributed by atoms with Crippen LogP contribution >= 0.6 is 0 Å². The van der Waals surface area contributed by atoms with E-state index in [4.69, 9.17) is 4.74 Å². The molecule has 126 valence electrons. The summed E-state index contributed by atoms with van der Waals surface area (Å²) in [6, 6.07) is 15.9. The zero-order valence-electron chi connectivity index (χ0n) is 13.5. The Hall–Kier alpha value is -3.48. The lowest BCUT2D eigenvalue weighted by Gasteiger charge is -2.09. The van der Waals surface area contributed by atoms with E-state index in [9.17, 15) is 9.59 Å². The molecule has 1 aromatic carbocycles. The minimum Gasteiger partial charge on any atom is -0.444 e. The average Bonchev–Trinajstić information content (AvgIpc) is 2.63. The maximum Gasteiger partial charge on any atom is 0.412 e. The smallest absolute Gasteiger partial charge is 0.412 e. The van der Waals surface area contributed by atoms with E-state index < -0.39 is 11.7 Å². The number of benzene rings is 1. The normalized spacial score (nSPS) is 10.3. The minimum atomic E-state index is -0.700. The molecule has 2 aromatic heterocycles. The molecule has 2 heterocycles. The summed E-state index contributed by atoms with van der Waals surface area (Å²) in [5, 5.41) is 10.4. The molecule has 0 atom stereocenters. The monoisotopic (exact) mass is 336 g/mol. The molecule has 0 aliphatic heterocycles. The van der Waals surface area contributed by atoms with E-state index in [0.29, 0.717) is 5.82 Å². The van der Waals surface area contributed by atoms with Gasteiger partial charge in [-0.1, -0.05) is 30.3 Å². The Kier molecular flexibility index (Phi) is 4.84. The van der Waals surface area contributed by atoms with E-state index in [1.54, 1.807) is 31.3 Å². The Morgan fingerprint density at radius 2 is 1.88 bits per heavy atom. The number of amides is 1. The summed E-state index contributed by atoms with van der Waals surface area (Å²) in [6.45, 7) is 1.93. The molecule has 0 fully saturated rings. The quantitative estimate of drug-likeness (QED) is 0.791. The van der Waals surface area contributed by atoms with E-state index in [0.717, 1.165) is 11.3 Å². The van der Waals surface area contributed by atoms with E-state index in [1.165, 1.54) is 10.6 Å². The molecule has 7 nitrogen and oxygen atoms in total. The first-order chi connectivity index (χ1) is 12.1. The molecule has 0 saturated carbocycles. The van der Waals surface area contributed by atoms with Gasteiger partial charge in [0, 0.05) is 6.20 Å². The summed E-state index contributed by atoms with van der Waals surface area (Å²) in [5.41, 5.74) is 1.29. The highest BCUT2D eigenvalue weighted by Crippen LogP contribution is 2.06. The number of rotatable bonds is 4. The topological polar surface area (TPSA) is 86.1 Å². The van der Waals surface area contributed by atoms with Crippen LogP contribution in [0.2, 0.25) is 0 Å². The van der Waals surface area contributed by atoms with Crippen LogP contribution < -0.4 is 10.9 Å². The van der Waals surface area contributed by atoms with Crippen molar-refractivity contribution >= 4 is 11.8 Å². The van der Waals surface area contributed by atoms with Crippen LogP contribution in [0.25, 0.3) is 5.82 Å². The number of ether oxygens (including phenoxy) is 1. The highest BCUT2D eigenvalue weighted by molar-refractivity contribution is 5.84. The second-order valence-electron chi connectivity index (χ2n) is 5.32. The summed E-state index contributed by atoms with van der Waals surface area (Å²) < 4.78 is 6.43. The third-order valence-corrected chi connectivity index (χ3v) is 3.43. The molecule has 7 heteroatoms. The van der Waals surface area contributed by atoms with E-state index in [1.807, 2.05) is 30.3 Å². The first-order valence-corrected chi connectivity index (χ1v) is 7.63. The van der Waals surface area contributed by atoms with Crippen LogP contribution in [-0.4, -0.2) is 20.9 Å². The highest BCUT2D eigenvalue weighted by Gasteiger charge is 2.10. The molecule has 3 aromatic rings. The molecule has 0 unspecified atom stereocenters. The Balaban J connectivity index is 1.72. The van der Waals surface area contributed by atoms with Gasteiger partial charge in [0.25, 0.3) is 5.56 Å². The zero-order chi connectivity index (χ0) is 17.6. The molecule has 0 radical (unpaired) electrons. The van der Waals surface area contributed by atoms with Crippen molar-refractivity contribution in [2.45, 2.75) is 13.5 Å². The van der Waals surface area contributed by atoms with Crippen LogP contribution in [0.4, 0.5) is 10.5 Å². The predicted molar refractivity (Wildman–Crippen MR) is 92.6 cm³/mol. The average molecular weight is 336 g/mol. The van der Waals surface area contributed by atoms with Gasteiger partial charge in [-0.25, -0.2) is 4.79 Å². The van der Waals surface area contributed by atoms with Crippen LogP contribution in [0.1, 0.15) is 11.3 Å². The van der Waals surface area contributed by atoms with Crippen molar-refractivity contribution < 1.29 is 9.53 Å². The third kappa shape index (κ3) is 4.08. The van der Waals surface area contributed by atoms with Crippen LogP contribution in [0.15, 0.2) is 65.6 Å². The molecular weight excluding hydrogens is 320 g/mol. The SMILES string of the molecule is Cc1ccc(-n2cccc(NC(=O)OCc3ccccc3)c2=O)nn1. The van der Waals surface area contributed by atoms with E-state index >= 15 is 0 Å². The fourth-order valence-corrected chi connectivity index (χ4v) is 2.16. The van der Waals surface area contributed by atoms with Crippen molar-refractivity contribution in [2.75, 3.05) is 5.32 Å². The molecule has 1 amide bonds. The molecule has 1 N–H and O–H groups in total. The van der Waals surface area contributed by atoms with Crippen molar-refractivity contribution in [3.05, 3.63) is 82.4 Å². The van der Waals surface area contributed by atoms with Gasteiger partial charge in [0.15, 0.2) is 5.82 Å². The van der Waals surface area contributed by atoms with Crippen molar-refractivity contribution in [3.8, 4) is 5.82 Å². The third-order valence-electron chi connectivity index (χ3n) is 3.43. The summed E-state index contributed by atoms with van der Waals surface area (Å²) >= 11 is 0. The molecule has 0 saturated heterocycles. The molecule has 0 spiro atoms. The van der Waals surface area contributed by atoms with Crippen LogP contribution in [0, 0.1) is 6.92 Å². The molecule has 0 aliphatic rings. The number of carbonyl (C=O) groups excluding carboxylic acids is 1. The predicted octanol–water partition coefficient (Wildman–Crippen LogP) is 2.68. The number of carbonyl (C=O) groups is 1. The Morgan fingerprint density at radius 3 is 2.60 bits per heavy atom. The second-order valence-corrected chi connectivity index (χ2v) is 5.32. The molecule has 3 rings (SSSR count). The Morgan fingerprint density at radius 1 is 1.08 bits per heavy atom. The number of nitrogens with one attached hydrogen (secondary N) is 1. The number of nitrogens with zero attached hydrogens (tertiary/aromatic N) is 3. The molecular formula is C18H16N4O3. The summed E-state index contributed by atoms with van der Waals surface area (Å²) in [5.74, 6) is 0.372. The molecule has 0 bridgehead atoms. The number of aryl methyl sites for hydroxylation is 1. The largest absolute Gasteiger partial charge is 0.444 e. The van der Waals surface area contributed by atoms with Gasteiger partial charge in [-0.15, -0.1) is 5.10 Å². The molecule has 0 aliphatic carbocycles. The number of aromatic nitrogens is 3. The van der Waals surface area contributed by atoms with Crippen molar-refractivity contribution in [1.29, 1.82) is 0 Å². The first kappa shape index (κ1) is 16.4. The first-order valence-electron chi connectivity index (χ1n) is 7.63. The maximum absolute atomic E-state index is 12.5. The zero-order valence-corrected chi connectivity index (χ0v) is 13.5. The van der Waals surface area contributed by atoms with Crippen LogP contribution in [0.3, 0.4) is 0 Å². The number of anilines is 1. The van der Waals surface area contributed by atoms with Gasteiger partial charge in [0.1, 0.15) is 12.3 Å². The second kappa shape index (κ2) is 7.39. The van der Waals surface area contributed by atoms with Gasteiger partial charge in [-0.05, 0) is 36.8 Å². The standard InChI is InChI=1S/C18H16N4O3/c1-13-9-10-16(21-20-13)22-11-5-8-15(17(22)23)19-18(24)25-12-14-6-3-2-4-7-14/h2-11H,12H2,1H3,(H,19,24). The lowest BCUT2D eigenvalue weighted by atomic mass is 10.2. The maximum atomic E-state index is 12.5. The van der Waals surface area contributed by atoms with E-state index in [2.05, 4.69) is 15.5 Å². The summed E-state index contributed by atoms with van der Waals surface area (Å²) in [6.07, 6.45) is 0.857. The lowest BCUT2D eigenvalue weighted by molar-refractivity contribution is 0.155. The Labute approximate surface area is 143 Å². The van der Waals surface area contributed by atoms with Crippen molar-refractivity contribution in [2.24, 2.45) is 0 Å². The van der Waals surface area contributed by atoms with Crippen molar-refractivity contribution in [3.63, 3.8) is 0 Å². The van der Waals surface area contributed by atoms with Gasteiger partial charge in [-0.3, -0.25) is 14.7 Å². The van der Waals surface area contributed by atoms with Gasteiger partial charge in [-0.2, -0.15) is 5.10 Å². The lowest BCUT2D eigenvalue weighted by Crippen LogP contribution is -2.25. The fraction of sp³-hybridized carbons (Fsp3) is 0.111. The van der Waals surface area contributed by atoms with Crippen LogP contribution in [-0.2, 0) is 11.3 Å². The molecule has 25 heavy (non-hydrogen) atoms.